The number of ether oxygens (including phenoxy) is 3. The first-order chi connectivity index (χ1) is 21.0. The van der Waals surface area contributed by atoms with Gasteiger partial charge in [0.1, 0.15) is 23.1 Å². The summed E-state index contributed by atoms with van der Waals surface area (Å²) in [6.07, 6.45) is 9.78. The van der Waals surface area contributed by atoms with Gasteiger partial charge in [0.2, 0.25) is 0 Å². The lowest BCUT2D eigenvalue weighted by Crippen LogP contribution is -2.30. The molecule has 44 heavy (non-hydrogen) atoms. The lowest BCUT2D eigenvalue weighted by Gasteiger charge is -2.32. The fraction of sp³-hybridized carbons (Fsp3) is 0.595. The van der Waals surface area contributed by atoms with Crippen LogP contribution < -0.4 is 9.47 Å². The van der Waals surface area contributed by atoms with E-state index in [9.17, 15) is 14.3 Å². The predicted molar refractivity (Wildman–Crippen MR) is 170 cm³/mol. The number of aryl methyl sites for hydroxylation is 1. The summed E-state index contributed by atoms with van der Waals surface area (Å²) >= 11 is 0. The largest absolute Gasteiger partial charge is 0.493 e. The van der Waals surface area contributed by atoms with Gasteiger partial charge in [0.05, 0.1) is 29.8 Å². The minimum Gasteiger partial charge on any atom is -0.493 e. The van der Waals surface area contributed by atoms with E-state index in [1.807, 2.05) is 40.0 Å². The smallest absolute Gasteiger partial charge is 0.309 e. The Morgan fingerprint density at radius 3 is 2.34 bits per heavy atom. The summed E-state index contributed by atoms with van der Waals surface area (Å²) in [5, 5.41) is 9.71. The minimum absolute atomic E-state index is 0.0280. The van der Waals surface area contributed by atoms with Crippen molar-refractivity contribution in [3.63, 3.8) is 0 Å². The highest BCUT2D eigenvalue weighted by molar-refractivity contribution is 5.78. The standard InChI is InChI=1S/C37H50F2O5/c1-7-43-31-20-27(21-32(44-8-2)33(31)29-13-14-30(38)25(4)34(29)39)12-11-26-15-19-37(23-26,42-6)22-24(3)28-10-9-17-36(5,18-16-28)35(40)41/h13-14,20-21,26,28H,3,7-12,15-19,22-23H2,1-2,4-6H3,(H,40,41). The Bertz CT molecular complexity index is 1310. The van der Waals surface area contributed by atoms with E-state index in [0.717, 1.165) is 69.8 Å². The van der Waals surface area contributed by atoms with E-state index in [4.69, 9.17) is 14.2 Å². The fourth-order valence-electron chi connectivity index (χ4n) is 7.36. The van der Waals surface area contributed by atoms with Gasteiger partial charge < -0.3 is 19.3 Å². The van der Waals surface area contributed by atoms with Crippen LogP contribution in [0.2, 0.25) is 0 Å². The van der Waals surface area contributed by atoms with Crippen LogP contribution in [-0.2, 0) is 16.0 Å². The molecule has 0 heterocycles. The van der Waals surface area contributed by atoms with Crippen LogP contribution in [-0.4, -0.2) is 37.0 Å². The summed E-state index contributed by atoms with van der Waals surface area (Å²) in [6.45, 7) is 12.4. The maximum Gasteiger partial charge on any atom is 0.309 e. The molecule has 4 rings (SSSR count). The zero-order valence-corrected chi connectivity index (χ0v) is 27.2. The van der Waals surface area contributed by atoms with Crippen LogP contribution in [0.1, 0.15) is 96.1 Å². The van der Waals surface area contributed by atoms with Gasteiger partial charge in [-0.25, -0.2) is 8.78 Å². The van der Waals surface area contributed by atoms with Gasteiger partial charge in [0.15, 0.2) is 0 Å². The van der Waals surface area contributed by atoms with Crippen molar-refractivity contribution in [3.8, 4) is 22.6 Å². The van der Waals surface area contributed by atoms with Gasteiger partial charge >= 0.3 is 5.97 Å². The highest BCUT2D eigenvalue weighted by Crippen LogP contribution is 2.47. The number of benzene rings is 2. The van der Waals surface area contributed by atoms with Crippen molar-refractivity contribution in [2.24, 2.45) is 17.3 Å². The number of methoxy groups -OCH3 is 1. The summed E-state index contributed by atoms with van der Waals surface area (Å²) in [5.41, 5.74) is 2.13. The lowest BCUT2D eigenvalue weighted by atomic mass is 9.80. The molecule has 0 radical (unpaired) electrons. The second-order valence-electron chi connectivity index (χ2n) is 13.2. The van der Waals surface area contributed by atoms with Gasteiger partial charge in [-0.15, -0.1) is 0 Å². The number of carbonyl (C=O) groups is 1. The monoisotopic (exact) mass is 612 g/mol. The summed E-state index contributed by atoms with van der Waals surface area (Å²) in [6, 6.07) is 6.68. The highest BCUT2D eigenvalue weighted by Gasteiger charge is 2.41. The molecule has 0 aromatic heterocycles. The third kappa shape index (κ3) is 7.47. The van der Waals surface area contributed by atoms with Crippen LogP contribution in [0, 0.1) is 35.8 Å². The maximum absolute atomic E-state index is 15.3. The number of aliphatic carboxylic acids is 1. The first-order valence-corrected chi connectivity index (χ1v) is 16.3. The Balaban J connectivity index is 1.46. The normalized spacial score (nSPS) is 25.4. The van der Waals surface area contributed by atoms with E-state index in [1.165, 1.54) is 24.6 Å². The van der Waals surface area contributed by atoms with E-state index in [1.54, 1.807) is 0 Å². The third-order valence-corrected chi connectivity index (χ3v) is 10.2. The van der Waals surface area contributed by atoms with E-state index in [0.29, 0.717) is 48.5 Å². The van der Waals surface area contributed by atoms with Gasteiger partial charge in [-0.3, -0.25) is 4.79 Å². The summed E-state index contributed by atoms with van der Waals surface area (Å²) in [4.78, 5) is 11.8. The second kappa shape index (κ2) is 14.4. The highest BCUT2D eigenvalue weighted by atomic mass is 19.1. The average Bonchev–Trinajstić information content (AvgIpc) is 3.28. The Kier molecular flexibility index (Phi) is 11.1. The topological polar surface area (TPSA) is 65.0 Å². The molecule has 0 aliphatic heterocycles. The van der Waals surface area contributed by atoms with Crippen molar-refractivity contribution in [2.75, 3.05) is 20.3 Å². The number of halogens is 2. The molecule has 0 bridgehead atoms. The van der Waals surface area contributed by atoms with Gasteiger partial charge in [-0.05, 0) is 134 Å². The number of hydrogen-bond acceptors (Lipinski definition) is 4. The Morgan fingerprint density at radius 1 is 1.05 bits per heavy atom. The van der Waals surface area contributed by atoms with Crippen molar-refractivity contribution in [1.82, 2.24) is 0 Å². The summed E-state index contributed by atoms with van der Waals surface area (Å²) < 4.78 is 47.5. The number of hydrogen-bond donors (Lipinski definition) is 1. The van der Waals surface area contributed by atoms with Crippen molar-refractivity contribution < 1.29 is 32.9 Å². The molecular weight excluding hydrogens is 562 g/mol. The average molecular weight is 613 g/mol. The summed E-state index contributed by atoms with van der Waals surface area (Å²) in [7, 11) is 1.81. The molecule has 2 aliphatic rings. The molecule has 7 heteroatoms. The molecule has 2 saturated carbocycles. The van der Waals surface area contributed by atoms with Crippen molar-refractivity contribution in [1.29, 1.82) is 0 Å². The molecule has 2 fully saturated rings. The van der Waals surface area contributed by atoms with Crippen LogP contribution in [0.5, 0.6) is 11.5 Å². The third-order valence-electron chi connectivity index (χ3n) is 10.2. The molecule has 4 unspecified atom stereocenters. The van der Waals surface area contributed by atoms with Crippen molar-refractivity contribution >= 4 is 5.97 Å². The van der Waals surface area contributed by atoms with Crippen LogP contribution in [0.15, 0.2) is 36.4 Å². The second-order valence-corrected chi connectivity index (χ2v) is 13.2. The fourth-order valence-corrected chi connectivity index (χ4v) is 7.36. The van der Waals surface area contributed by atoms with E-state index in [-0.39, 0.29) is 16.7 Å². The molecule has 2 aliphatic carbocycles. The molecule has 2 aromatic rings. The first kappa shape index (κ1) is 34.0. The maximum atomic E-state index is 15.3. The Labute approximate surface area is 262 Å². The van der Waals surface area contributed by atoms with Gasteiger partial charge in [0.25, 0.3) is 0 Å². The Morgan fingerprint density at radius 2 is 1.73 bits per heavy atom. The van der Waals surface area contributed by atoms with Gasteiger partial charge in [-0.2, -0.15) is 0 Å². The molecular formula is C37H50F2O5. The molecule has 0 saturated heterocycles. The minimum atomic E-state index is -0.690. The van der Waals surface area contributed by atoms with Gasteiger partial charge in [-0.1, -0.05) is 18.6 Å². The molecule has 0 amide bonds. The van der Waals surface area contributed by atoms with E-state index >= 15 is 4.39 Å². The van der Waals surface area contributed by atoms with Crippen LogP contribution >= 0.6 is 0 Å². The van der Waals surface area contributed by atoms with Crippen LogP contribution in [0.3, 0.4) is 0 Å². The molecule has 5 nitrogen and oxygen atoms in total. The molecule has 242 valence electrons. The molecule has 4 atom stereocenters. The lowest BCUT2D eigenvalue weighted by molar-refractivity contribution is -0.148. The Hall–Kier alpha value is -2.93. The molecule has 1 N–H and O–H groups in total. The van der Waals surface area contributed by atoms with Crippen molar-refractivity contribution in [2.45, 2.75) is 104 Å². The summed E-state index contributed by atoms with van der Waals surface area (Å²) in [5.74, 6) is 0.0123. The van der Waals surface area contributed by atoms with Gasteiger partial charge in [0, 0.05) is 18.2 Å². The molecule has 0 spiro atoms. The SMILES string of the molecule is C=C(CC1(OC)CCC(CCc2cc(OCC)c(-c3ccc(F)c(C)c3F)c(OCC)c2)C1)C1CCCC(C)(C(=O)O)CC1. The quantitative estimate of drug-likeness (QED) is 0.180. The van der Waals surface area contributed by atoms with Crippen LogP contribution in [0.4, 0.5) is 8.78 Å². The number of carboxylic acid groups (broad SMARTS) is 1. The zero-order valence-electron chi connectivity index (χ0n) is 27.2. The predicted octanol–water partition coefficient (Wildman–Crippen LogP) is 9.47. The van der Waals surface area contributed by atoms with E-state index < -0.39 is 23.0 Å². The number of carboxylic acids is 1. The van der Waals surface area contributed by atoms with Crippen molar-refractivity contribution in [3.05, 3.63) is 59.2 Å². The first-order valence-electron chi connectivity index (χ1n) is 16.3. The van der Waals surface area contributed by atoms with Crippen LogP contribution in [0.25, 0.3) is 11.1 Å². The van der Waals surface area contributed by atoms with E-state index in [2.05, 4.69) is 6.58 Å². The number of rotatable bonds is 13. The molecule has 2 aromatic carbocycles. The zero-order chi connectivity index (χ0) is 32.1.